The number of ether oxygens (including phenoxy) is 3. The van der Waals surface area contributed by atoms with Crippen molar-refractivity contribution in [3.05, 3.63) is 23.8 Å². The summed E-state index contributed by atoms with van der Waals surface area (Å²) < 4.78 is 39.9. The Kier molecular flexibility index (Phi) is 5.76. The van der Waals surface area contributed by atoms with E-state index in [2.05, 4.69) is 0 Å². The van der Waals surface area contributed by atoms with Crippen LogP contribution in [0.25, 0.3) is 0 Å². The molecule has 2 atom stereocenters. The van der Waals surface area contributed by atoms with E-state index in [-0.39, 0.29) is 13.0 Å². The van der Waals surface area contributed by atoms with Crippen molar-refractivity contribution in [1.82, 2.24) is 0 Å². The zero-order valence-corrected chi connectivity index (χ0v) is 11.9. The molecule has 1 aromatic carbocycles. The summed E-state index contributed by atoms with van der Waals surface area (Å²) in [6.45, 7) is 2.66. The highest BCUT2D eigenvalue weighted by Gasteiger charge is 2.17. The Morgan fingerprint density at radius 3 is 2.71 bits per heavy atom. The Hall–Kier alpha value is -1.40. The third-order valence-corrected chi connectivity index (χ3v) is 3.18. The third kappa shape index (κ3) is 4.82. The van der Waals surface area contributed by atoms with Gasteiger partial charge in [-0.05, 0) is 17.7 Å². The van der Waals surface area contributed by atoms with Crippen molar-refractivity contribution in [3.8, 4) is 11.5 Å². The van der Waals surface area contributed by atoms with Gasteiger partial charge in [0.1, 0.15) is 6.61 Å². The molecule has 0 fully saturated rings. The smallest absolute Gasteiger partial charge is 0.261 e. The average molecular weight is 302 g/mol. The first-order valence-corrected chi connectivity index (χ1v) is 6.99. The average Bonchev–Trinajstić information content (AvgIpc) is 2.65. The van der Waals surface area contributed by atoms with E-state index in [9.17, 15) is 13.9 Å². The summed E-state index contributed by atoms with van der Waals surface area (Å²) in [7, 11) is 0. The summed E-state index contributed by atoms with van der Waals surface area (Å²) in [6.07, 6.45) is -3.01. The molecule has 0 aliphatic carbocycles. The highest BCUT2D eigenvalue weighted by atomic mass is 19.3. The van der Waals surface area contributed by atoms with E-state index >= 15 is 0 Å². The van der Waals surface area contributed by atoms with Crippen LogP contribution in [0.2, 0.25) is 0 Å². The maximum Gasteiger partial charge on any atom is 0.261 e. The van der Waals surface area contributed by atoms with Gasteiger partial charge in [-0.15, -0.1) is 0 Å². The second-order valence-corrected chi connectivity index (χ2v) is 5.20. The van der Waals surface area contributed by atoms with Crippen LogP contribution in [0.4, 0.5) is 8.78 Å². The van der Waals surface area contributed by atoms with Gasteiger partial charge in [-0.2, -0.15) is 0 Å². The molecule has 21 heavy (non-hydrogen) atoms. The lowest BCUT2D eigenvalue weighted by molar-refractivity contribution is 0.00479. The summed E-state index contributed by atoms with van der Waals surface area (Å²) in [5.41, 5.74) is 0.660. The maximum absolute atomic E-state index is 11.9. The lowest BCUT2D eigenvalue weighted by atomic mass is 10.1. The highest BCUT2D eigenvalue weighted by Crippen LogP contribution is 2.33. The van der Waals surface area contributed by atoms with E-state index < -0.39 is 19.1 Å². The standard InChI is InChI=1S/C15H20F2O4/c1-10-7-20-13-3-2-11(6-14(13)21-8-10)12(18)4-5-19-9-15(16)17/h2-3,6,10,12,15,18H,4-5,7-9H2,1H3. The van der Waals surface area contributed by atoms with E-state index in [0.717, 1.165) is 0 Å². The molecule has 1 N–H and O–H groups in total. The van der Waals surface area contributed by atoms with Gasteiger partial charge in [0.25, 0.3) is 6.43 Å². The lowest BCUT2D eigenvalue weighted by Gasteiger charge is -2.14. The van der Waals surface area contributed by atoms with Gasteiger partial charge in [0, 0.05) is 18.9 Å². The monoisotopic (exact) mass is 302 g/mol. The number of fused-ring (bicyclic) bond motifs is 1. The first-order chi connectivity index (χ1) is 10.1. The Labute approximate surface area is 122 Å². The number of hydrogen-bond acceptors (Lipinski definition) is 4. The van der Waals surface area contributed by atoms with E-state index in [0.29, 0.717) is 36.2 Å². The van der Waals surface area contributed by atoms with Crippen LogP contribution >= 0.6 is 0 Å². The van der Waals surface area contributed by atoms with Crippen LogP contribution in [0.3, 0.4) is 0 Å². The Morgan fingerprint density at radius 1 is 1.29 bits per heavy atom. The molecule has 1 heterocycles. The molecule has 2 unspecified atom stereocenters. The minimum atomic E-state index is -2.48. The summed E-state index contributed by atoms with van der Waals surface area (Å²) in [5.74, 6) is 1.56. The lowest BCUT2D eigenvalue weighted by Crippen LogP contribution is -2.12. The largest absolute Gasteiger partial charge is 0.489 e. The molecular formula is C15H20F2O4. The van der Waals surface area contributed by atoms with E-state index in [1.54, 1.807) is 18.2 Å². The van der Waals surface area contributed by atoms with Gasteiger partial charge >= 0.3 is 0 Å². The Balaban J connectivity index is 1.91. The molecule has 6 heteroatoms. The molecule has 2 rings (SSSR count). The van der Waals surface area contributed by atoms with Crippen LogP contribution in [-0.2, 0) is 4.74 Å². The number of hydrogen-bond donors (Lipinski definition) is 1. The maximum atomic E-state index is 11.9. The van der Waals surface area contributed by atoms with Crippen LogP contribution in [0.5, 0.6) is 11.5 Å². The van der Waals surface area contributed by atoms with Gasteiger partial charge in [-0.25, -0.2) is 8.78 Å². The van der Waals surface area contributed by atoms with Crippen LogP contribution < -0.4 is 9.47 Å². The van der Waals surface area contributed by atoms with E-state index in [1.807, 2.05) is 6.92 Å². The van der Waals surface area contributed by atoms with Crippen molar-refractivity contribution >= 4 is 0 Å². The number of aliphatic hydroxyl groups excluding tert-OH is 1. The number of benzene rings is 1. The zero-order chi connectivity index (χ0) is 15.2. The van der Waals surface area contributed by atoms with Gasteiger partial charge in [-0.1, -0.05) is 13.0 Å². The van der Waals surface area contributed by atoms with Crippen molar-refractivity contribution in [2.45, 2.75) is 25.9 Å². The van der Waals surface area contributed by atoms with Gasteiger partial charge in [0.15, 0.2) is 11.5 Å². The normalized spacial score (nSPS) is 19.4. The SMILES string of the molecule is CC1COc2ccc(C(O)CCOCC(F)F)cc2OC1. The summed E-state index contributed by atoms with van der Waals surface area (Å²) in [6, 6.07) is 5.23. The Bertz CT molecular complexity index is 453. The number of halogens is 2. The van der Waals surface area contributed by atoms with Gasteiger partial charge < -0.3 is 19.3 Å². The van der Waals surface area contributed by atoms with Crippen molar-refractivity contribution in [2.75, 3.05) is 26.4 Å². The number of aliphatic hydroxyl groups is 1. The number of alkyl halides is 2. The topological polar surface area (TPSA) is 47.9 Å². The molecule has 0 bridgehead atoms. The fraction of sp³-hybridized carbons (Fsp3) is 0.600. The quantitative estimate of drug-likeness (QED) is 0.821. The van der Waals surface area contributed by atoms with Crippen molar-refractivity contribution in [3.63, 3.8) is 0 Å². The number of rotatable bonds is 6. The summed E-state index contributed by atoms with van der Waals surface area (Å²) >= 11 is 0. The first kappa shape index (κ1) is 16.0. The van der Waals surface area contributed by atoms with E-state index in [1.165, 1.54) is 0 Å². The second kappa shape index (κ2) is 7.56. The van der Waals surface area contributed by atoms with Crippen molar-refractivity contribution < 1.29 is 28.1 Å². The minimum absolute atomic E-state index is 0.0803. The van der Waals surface area contributed by atoms with Crippen LogP contribution in [0, 0.1) is 5.92 Å². The van der Waals surface area contributed by atoms with Gasteiger partial charge in [0.05, 0.1) is 19.3 Å². The van der Waals surface area contributed by atoms with Crippen LogP contribution in [0.1, 0.15) is 25.0 Å². The van der Waals surface area contributed by atoms with Crippen molar-refractivity contribution in [2.24, 2.45) is 5.92 Å². The summed E-state index contributed by atoms with van der Waals surface area (Å²) in [5, 5.41) is 10.0. The fourth-order valence-electron chi connectivity index (χ4n) is 2.01. The molecule has 118 valence electrons. The molecule has 0 saturated carbocycles. The highest BCUT2D eigenvalue weighted by molar-refractivity contribution is 5.44. The molecule has 0 spiro atoms. The predicted molar refractivity (Wildman–Crippen MR) is 73.0 cm³/mol. The molecule has 1 aromatic rings. The van der Waals surface area contributed by atoms with Crippen molar-refractivity contribution in [1.29, 1.82) is 0 Å². The molecule has 4 nitrogen and oxygen atoms in total. The third-order valence-electron chi connectivity index (χ3n) is 3.18. The molecule has 0 saturated heterocycles. The molecular weight excluding hydrogens is 282 g/mol. The van der Waals surface area contributed by atoms with Gasteiger partial charge in [0.2, 0.25) is 0 Å². The molecule has 0 aromatic heterocycles. The fourth-order valence-corrected chi connectivity index (χ4v) is 2.01. The molecule has 0 amide bonds. The molecule has 1 aliphatic rings. The van der Waals surface area contributed by atoms with E-state index in [4.69, 9.17) is 14.2 Å². The predicted octanol–water partition coefficient (Wildman–Crippen LogP) is 2.80. The molecule has 0 radical (unpaired) electrons. The van der Waals surface area contributed by atoms with Crippen LogP contribution in [0.15, 0.2) is 18.2 Å². The summed E-state index contributed by atoms with van der Waals surface area (Å²) in [4.78, 5) is 0. The second-order valence-electron chi connectivity index (χ2n) is 5.20. The van der Waals surface area contributed by atoms with Crippen LogP contribution in [-0.4, -0.2) is 38.0 Å². The van der Waals surface area contributed by atoms with Gasteiger partial charge in [-0.3, -0.25) is 0 Å². The zero-order valence-electron chi connectivity index (χ0n) is 11.9. The minimum Gasteiger partial charge on any atom is -0.489 e. The Morgan fingerprint density at radius 2 is 2.00 bits per heavy atom. The molecule has 1 aliphatic heterocycles. The first-order valence-electron chi connectivity index (χ1n) is 6.99.